The number of allylic oxidation sites excluding steroid dienone is 10. The molecule has 0 bridgehead atoms. The standard InChI is InChI=1S/C28H48O/c1-24(2)14-11-18-28(6)22-13-20-26(4)16-8-7-15-25(3)19-12-21-27(5)17-9-10-23-29/h14-16,21-22,29H,7-13,17-20,23H2,1-6H3/b25-15+,26-16+,27-21+,28-22+. The molecule has 0 amide bonds. The van der Waals surface area contributed by atoms with Crippen LogP contribution in [0.25, 0.3) is 0 Å². The molecule has 0 heterocycles. The number of hydrogen-bond acceptors (Lipinski definition) is 1. The van der Waals surface area contributed by atoms with E-state index in [2.05, 4.69) is 71.9 Å². The molecule has 0 atom stereocenters. The van der Waals surface area contributed by atoms with E-state index in [1.807, 2.05) is 0 Å². The van der Waals surface area contributed by atoms with Gasteiger partial charge in [-0.1, -0.05) is 58.2 Å². The second-order valence-corrected chi connectivity index (χ2v) is 8.86. The summed E-state index contributed by atoms with van der Waals surface area (Å²) >= 11 is 0. The lowest BCUT2D eigenvalue weighted by atomic mass is 10.0. The van der Waals surface area contributed by atoms with Crippen LogP contribution in [0.1, 0.15) is 112 Å². The summed E-state index contributed by atoms with van der Waals surface area (Å²) < 4.78 is 0. The van der Waals surface area contributed by atoms with Crippen molar-refractivity contribution in [3.63, 3.8) is 0 Å². The van der Waals surface area contributed by atoms with Gasteiger partial charge in [-0.2, -0.15) is 0 Å². The maximum atomic E-state index is 8.84. The fraction of sp³-hybridized carbons (Fsp3) is 0.643. The first kappa shape index (κ1) is 27.7. The van der Waals surface area contributed by atoms with E-state index in [1.165, 1.54) is 53.5 Å². The van der Waals surface area contributed by atoms with Crippen molar-refractivity contribution < 1.29 is 5.11 Å². The summed E-state index contributed by atoms with van der Waals surface area (Å²) in [6.07, 6.45) is 24.4. The zero-order valence-electron chi connectivity index (χ0n) is 20.3. The first-order chi connectivity index (χ1) is 13.8. The first-order valence-corrected chi connectivity index (χ1v) is 11.7. The lowest BCUT2D eigenvalue weighted by Gasteiger charge is -2.03. The Bertz CT molecular complexity index is 565. The molecule has 0 rings (SSSR count). The van der Waals surface area contributed by atoms with Crippen molar-refractivity contribution in [1.82, 2.24) is 0 Å². The summed E-state index contributed by atoms with van der Waals surface area (Å²) in [5, 5.41) is 8.84. The Morgan fingerprint density at radius 1 is 0.483 bits per heavy atom. The molecule has 29 heavy (non-hydrogen) atoms. The van der Waals surface area contributed by atoms with Crippen molar-refractivity contribution in [3.8, 4) is 0 Å². The van der Waals surface area contributed by atoms with Crippen LogP contribution in [0, 0.1) is 0 Å². The van der Waals surface area contributed by atoms with Gasteiger partial charge in [0.1, 0.15) is 0 Å². The van der Waals surface area contributed by atoms with Crippen molar-refractivity contribution in [3.05, 3.63) is 58.2 Å². The van der Waals surface area contributed by atoms with Crippen molar-refractivity contribution in [2.24, 2.45) is 0 Å². The average Bonchev–Trinajstić information content (AvgIpc) is 2.65. The van der Waals surface area contributed by atoms with E-state index in [4.69, 9.17) is 5.11 Å². The van der Waals surface area contributed by atoms with Crippen LogP contribution in [0.5, 0.6) is 0 Å². The summed E-state index contributed by atoms with van der Waals surface area (Å²) in [5.41, 5.74) is 7.43. The lowest BCUT2D eigenvalue weighted by Crippen LogP contribution is -1.85. The van der Waals surface area contributed by atoms with Gasteiger partial charge in [-0.25, -0.2) is 0 Å². The number of rotatable bonds is 16. The van der Waals surface area contributed by atoms with Crippen LogP contribution in [-0.2, 0) is 0 Å². The normalized spacial score (nSPS) is 13.8. The molecule has 0 aliphatic carbocycles. The lowest BCUT2D eigenvalue weighted by molar-refractivity contribution is 0.284. The summed E-state index contributed by atoms with van der Waals surface area (Å²) in [6, 6.07) is 0. The second-order valence-electron chi connectivity index (χ2n) is 8.86. The maximum absolute atomic E-state index is 8.84. The Morgan fingerprint density at radius 3 is 1.28 bits per heavy atom. The van der Waals surface area contributed by atoms with Crippen LogP contribution in [0.2, 0.25) is 0 Å². The third-order valence-corrected chi connectivity index (χ3v) is 5.29. The van der Waals surface area contributed by atoms with Gasteiger partial charge in [-0.15, -0.1) is 0 Å². The van der Waals surface area contributed by atoms with Crippen LogP contribution < -0.4 is 0 Å². The van der Waals surface area contributed by atoms with Gasteiger partial charge in [0.05, 0.1) is 0 Å². The number of aliphatic hydroxyl groups excluding tert-OH is 1. The van der Waals surface area contributed by atoms with Gasteiger partial charge in [0.25, 0.3) is 0 Å². The van der Waals surface area contributed by atoms with E-state index in [0.717, 1.165) is 44.9 Å². The molecule has 0 radical (unpaired) electrons. The monoisotopic (exact) mass is 400 g/mol. The maximum Gasteiger partial charge on any atom is 0.0431 e. The largest absolute Gasteiger partial charge is 0.396 e. The SMILES string of the molecule is CC(C)=CCC/C(C)=C/CC/C(C)=C/CC/C=C(\C)CC/C=C(\C)CCCCO. The summed E-state index contributed by atoms with van der Waals surface area (Å²) in [5.74, 6) is 0. The molecule has 1 N–H and O–H groups in total. The van der Waals surface area contributed by atoms with E-state index in [-0.39, 0.29) is 0 Å². The van der Waals surface area contributed by atoms with E-state index in [1.54, 1.807) is 0 Å². The molecule has 0 saturated heterocycles. The number of hydrogen-bond donors (Lipinski definition) is 1. The zero-order chi connectivity index (χ0) is 21.9. The van der Waals surface area contributed by atoms with Gasteiger partial charge in [0, 0.05) is 6.61 Å². The Balaban J connectivity index is 4.00. The van der Waals surface area contributed by atoms with E-state index in [9.17, 15) is 0 Å². The minimum atomic E-state index is 0.315. The molecule has 0 aromatic heterocycles. The highest BCUT2D eigenvalue weighted by atomic mass is 16.2. The van der Waals surface area contributed by atoms with Crippen molar-refractivity contribution in [1.29, 1.82) is 0 Å². The Hall–Kier alpha value is -1.34. The molecule has 0 saturated carbocycles. The fourth-order valence-electron chi connectivity index (χ4n) is 3.26. The van der Waals surface area contributed by atoms with E-state index >= 15 is 0 Å². The van der Waals surface area contributed by atoms with Gasteiger partial charge in [0.15, 0.2) is 0 Å². The highest BCUT2D eigenvalue weighted by molar-refractivity contribution is 5.07. The summed E-state index contributed by atoms with van der Waals surface area (Å²) in [7, 11) is 0. The third kappa shape index (κ3) is 19.7. The number of aliphatic hydroxyl groups is 1. The quantitative estimate of drug-likeness (QED) is 0.202. The predicted octanol–water partition coefficient (Wildman–Crippen LogP) is 9.02. The molecular formula is C28H48O. The molecule has 1 nitrogen and oxygen atoms in total. The smallest absolute Gasteiger partial charge is 0.0431 e. The zero-order valence-corrected chi connectivity index (χ0v) is 20.3. The van der Waals surface area contributed by atoms with Crippen LogP contribution >= 0.6 is 0 Å². The van der Waals surface area contributed by atoms with Crippen molar-refractivity contribution in [2.45, 2.75) is 112 Å². The van der Waals surface area contributed by atoms with Gasteiger partial charge < -0.3 is 5.11 Å². The van der Waals surface area contributed by atoms with Crippen molar-refractivity contribution >= 4 is 0 Å². The molecule has 0 fully saturated rings. The van der Waals surface area contributed by atoms with Crippen molar-refractivity contribution in [2.75, 3.05) is 6.61 Å². The summed E-state index contributed by atoms with van der Waals surface area (Å²) in [4.78, 5) is 0. The molecule has 0 aliphatic heterocycles. The molecule has 0 unspecified atom stereocenters. The molecule has 0 spiro atoms. The Labute approximate surface area is 182 Å². The van der Waals surface area contributed by atoms with Crippen LogP contribution in [-0.4, -0.2) is 11.7 Å². The Morgan fingerprint density at radius 2 is 0.862 bits per heavy atom. The molecule has 166 valence electrons. The minimum Gasteiger partial charge on any atom is -0.396 e. The van der Waals surface area contributed by atoms with Gasteiger partial charge in [0.2, 0.25) is 0 Å². The molecular weight excluding hydrogens is 352 g/mol. The highest BCUT2D eigenvalue weighted by Gasteiger charge is 1.94. The van der Waals surface area contributed by atoms with Crippen LogP contribution in [0.4, 0.5) is 0 Å². The topological polar surface area (TPSA) is 20.2 Å². The highest BCUT2D eigenvalue weighted by Crippen LogP contribution is 2.14. The Kier molecular flexibility index (Phi) is 17.8. The average molecular weight is 401 g/mol. The number of unbranched alkanes of at least 4 members (excludes halogenated alkanes) is 2. The minimum absolute atomic E-state index is 0.315. The third-order valence-electron chi connectivity index (χ3n) is 5.29. The predicted molar refractivity (Wildman–Crippen MR) is 132 cm³/mol. The van der Waals surface area contributed by atoms with E-state index < -0.39 is 0 Å². The van der Waals surface area contributed by atoms with E-state index in [0.29, 0.717) is 6.61 Å². The van der Waals surface area contributed by atoms with Gasteiger partial charge in [-0.3, -0.25) is 0 Å². The van der Waals surface area contributed by atoms with Gasteiger partial charge >= 0.3 is 0 Å². The van der Waals surface area contributed by atoms with Crippen LogP contribution in [0.15, 0.2) is 58.2 Å². The molecule has 0 aromatic rings. The fourth-order valence-corrected chi connectivity index (χ4v) is 3.26. The van der Waals surface area contributed by atoms with Gasteiger partial charge in [-0.05, 0) is 112 Å². The first-order valence-electron chi connectivity index (χ1n) is 11.7. The second kappa shape index (κ2) is 18.7. The molecule has 0 aliphatic rings. The molecule has 0 aromatic carbocycles. The molecule has 1 heteroatoms. The summed E-state index contributed by atoms with van der Waals surface area (Å²) in [6.45, 7) is 13.7. The van der Waals surface area contributed by atoms with Crippen LogP contribution in [0.3, 0.4) is 0 Å².